The van der Waals surface area contributed by atoms with Crippen LogP contribution in [0.15, 0.2) is 0 Å². The summed E-state index contributed by atoms with van der Waals surface area (Å²) in [6, 6.07) is 0. The third kappa shape index (κ3) is 3.28. The predicted molar refractivity (Wildman–Crippen MR) is 50.0 cm³/mol. The van der Waals surface area contributed by atoms with Gasteiger partial charge in [0.2, 0.25) is 0 Å². The minimum Gasteiger partial charge on any atom is -0.300 e. The molecule has 0 amide bonds. The molecule has 0 unspecified atom stereocenters. The zero-order valence-corrected chi connectivity index (χ0v) is 7.95. The van der Waals surface area contributed by atoms with E-state index in [1.807, 2.05) is 0 Å². The SMILES string of the molecule is CSCCC(=O)CC1CCC1. The van der Waals surface area contributed by atoms with Gasteiger partial charge in [-0.05, 0) is 17.9 Å². The zero-order chi connectivity index (χ0) is 8.10. The van der Waals surface area contributed by atoms with E-state index in [1.54, 1.807) is 11.8 Å². The van der Waals surface area contributed by atoms with E-state index in [4.69, 9.17) is 0 Å². The lowest BCUT2D eigenvalue weighted by Crippen LogP contribution is -2.15. The molecule has 0 aromatic heterocycles. The summed E-state index contributed by atoms with van der Waals surface area (Å²) >= 11 is 1.76. The lowest BCUT2D eigenvalue weighted by atomic mass is 9.81. The van der Waals surface area contributed by atoms with E-state index >= 15 is 0 Å². The first kappa shape index (κ1) is 9.11. The van der Waals surface area contributed by atoms with Crippen molar-refractivity contribution in [1.29, 1.82) is 0 Å². The standard InChI is InChI=1S/C9H16OS/c1-11-6-5-9(10)7-8-3-2-4-8/h8H,2-7H2,1H3. The number of carbonyl (C=O) groups is 1. The molecule has 1 saturated carbocycles. The molecular weight excluding hydrogens is 156 g/mol. The van der Waals surface area contributed by atoms with E-state index in [1.165, 1.54) is 19.3 Å². The summed E-state index contributed by atoms with van der Waals surface area (Å²) in [5, 5.41) is 0. The van der Waals surface area contributed by atoms with Crippen molar-refractivity contribution in [3.05, 3.63) is 0 Å². The number of Topliss-reactive ketones (excluding diaryl/α,β-unsaturated/α-hetero) is 1. The van der Waals surface area contributed by atoms with Crippen LogP contribution in [0.3, 0.4) is 0 Å². The molecule has 0 aromatic rings. The largest absolute Gasteiger partial charge is 0.300 e. The lowest BCUT2D eigenvalue weighted by Gasteiger charge is -2.24. The minimum atomic E-state index is 0.476. The van der Waals surface area contributed by atoms with E-state index in [9.17, 15) is 4.79 Å². The Morgan fingerprint density at radius 1 is 1.55 bits per heavy atom. The van der Waals surface area contributed by atoms with Gasteiger partial charge in [-0.2, -0.15) is 11.8 Å². The van der Waals surface area contributed by atoms with Crippen LogP contribution in [0.5, 0.6) is 0 Å². The van der Waals surface area contributed by atoms with E-state index in [0.717, 1.165) is 24.5 Å². The van der Waals surface area contributed by atoms with E-state index < -0.39 is 0 Å². The highest BCUT2D eigenvalue weighted by molar-refractivity contribution is 7.98. The molecule has 11 heavy (non-hydrogen) atoms. The Labute approximate surface area is 72.9 Å². The number of ketones is 1. The van der Waals surface area contributed by atoms with Gasteiger partial charge in [-0.25, -0.2) is 0 Å². The summed E-state index contributed by atoms with van der Waals surface area (Å²) in [5.41, 5.74) is 0. The molecule has 0 aliphatic heterocycles. The topological polar surface area (TPSA) is 17.1 Å². The van der Waals surface area contributed by atoms with Gasteiger partial charge in [-0.1, -0.05) is 19.3 Å². The molecule has 2 heteroatoms. The summed E-state index contributed by atoms with van der Waals surface area (Å²) in [6.45, 7) is 0. The van der Waals surface area contributed by atoms with E-state index in [0.29, 0.717) is 5.78 Å². The van der Waals surface area contributed by atoms with Crippen LogP contribution in [-0.4, -0.2) is 17.8 Å². The van der Waals surface area contributed by atoms with Crippen LogP contribution in [0.25, 0.3) is 0 Å². The molecule has 64 valence electrons. The molecule has 1 aliphatic carbocycles. The van der Waals surface area contributed by atoms with Gasteiger partial charge in [-0.3, -0.25) is 4.79 Å². The second-order valence-electron chi connectivity index (χ2n) is 3.28. The molecule has 0 saturated heterocycles. The van der Waals surface area contributed by atoms with Crippen LogP contribution in [-0.2, 0) is 4.79 Å². The van der Waals surface area contributed by atoms with Crippen LogP contribution in [0.4, 0.5) is 0 Å². The van der Waals surface area contributed by atoms with Crippen LogP contribution >= 0.6 is 11.8 Å². The van der Waals surface area contributed by atoms with Crippen LogP contribution < -0.4 is 0 Å². The molecular formula is C9H16OS. The van der Waals surface area contributed by atoms with E-state index in [2.05, 4.69) is 6.26 Å². The summed E-state index contributed by atoms with van der Waals surface area (Å²) in [4.78, 5) is 11.2. The fourth-order valence-corrected chi connectivity index (χ4v) is 1.77. The predicted octanol–water partition coefficient (Wildman–Crippen LogP) is 2.50. The molecule has 0 bridgehead atoms. The first-order valence-corrected chi connectivity index (χ1v) is 5.73. The van der Waals surface area contributed by atoms with Crippen molar-refractivity contribution in [3.63, 3.8) is 0 Å². The molecule has 1 fully saturated rings. The maximum Gasteiger partial charge on any atom is 0.134 e. The second kappa shape index (κ2) is 4.81. The van der Waals surface area contributed by atoms with Crippen molar-refractivity contribution in [3.8, 4) is 0 Å². The summed E-state index contributed by atoms with van der Waals surface area (Å²) in [5.74, 6) is 2.24. The summed E-state index contributed by atoms with van der Waals surface area (Å²) < 4.78 is 0. The fourth-order valence-electron chi connectivity index (χ4n) is 1.34. The maximum absolute atomic E-state index is 11.2. The molecule has 0 N–H and O–H groups in total. The Morgan fingerprint density at radius 2 is 2.27 bits per heavy atom. The van der Waals surface area contributed by atoms with Gasteiger partial charge in [0.1, 0.15) is 5.78 Å². The molecule has 0 spiro atoms. The molecule has 0 radical (unpaired) electrons. The van der Waals surface area contributed by atoms with Crippen molar-refractivity contribution in [1.82, 2.24) is 0 Å². The molecule has 1 aliphatic rings. The Kier molecular flexibility index (Phi) is 3.98. The lowest BCUT2D eigenvalue weighted by molar-refractivity contribution is -0.120. The van der Waals surface area contributed by atoms with Gasteiger partial charge in [0.15, 0.2) is 0 Å². The average Bonchev–Trinajstić information content (AvgIpc) is 1.93. The van der Waals surface area contributed by atoms with Crippen molar-refractivity contribution in [2.75, 3.05) is 12.0 Å². The summed E-state index contributed by atoms with van der Waals surface area (Å²) in [6.07, 6.45) is 7.64. The summed E-state index contributed by atoms with van der Waals surface area (Å²) in [7, 11) is 0. The third-order valence-electron chi connectivity index (χ3n) is 2.33. The highest BCUT2D eigenvalue weighted by Gasteiger charge is 2.19. The van der Waals surface area contributed by atoms with E-state index in [-0.39, 0.29) is 0 Å². The normalized spacial score (nSPS) is 17.9. The highest BCUT2D eigenvalue weighted by Crippen LogP contribution is 2.29. The zero-order valence-electron chi connectivity index (χ0n) is 7.14. The molecule has 1 nitrogen and oxygen atoms in total. The van der Waals surface area contributed by atoms with Gasteiger partial charge >= 0.3 is 0 Å². The van der Waals surface area contributed by atoms with Gasteiger partial charge in [0.25, 0.3) is 0 Å². The Bertz CT molecular complexity index is 130. The van der Waals surface area contributed by atoms with Crippen LogP contribution in [0, 0.1) is 5.92 Å². The number of hydrogen-bond acceptors (Lipinski definition) is 2. The van der Waals surface area contributed by atoms with Crippen LogP contribution in [0.1, 0.15) is 32.1 Å². The number of thioether (sulfide) groups is 1. The minimum absolute atomic E-state index is 0.476. The van der Waals surface area contributed by atoms with Gasteiger partial charge in [-0.15, -0.1) is 0 Å². The highest BCUT2D eigenvalue weighted by atomic mass is 32.2. The third-order valence-corrected chi connectivity index (χ3v) is 2.94. The first-order chi connectivity index (χ1) is 5.33. The van der Waals surface area contributed by atoms with Gasteiger partial charge < -0.3 is 0 Å². The molecule has 1 rings (SSSR count). The van der Waals surface area contributed by atoms with Gasteiger partial charge in [0, 0.05) is 12.8 Å². The van der Waals surface area contributed by atoms with Gasteiger partial charge in [0.05, 0.1) is 0 Å². The van der Waals surface area contributed by atoms with Crippen molar-refractivity contribution < 1.29 is 4.79 Å². The smallest absolute Gasteiger partial charge is 0.134 e. The number of rotatable bonds is 5. The fraction of sp³-hybridized carbons (Fsp3) is 0.889. The number of hydrogen-bond donors (Lipinski definition) is 0. The average molecular weight is 172 g/mol. The van der Waals surface area contributed by atoms with Crippen molar-refractivity contribution in [2.24, 2.45) is 5.92 Å². The Hall–Kier alpha value is 0.0200. The van der Waals surface area contributed by atoms with Crippen LogP contribution in [0.2, 0.25) is 0 Å². The number of carbonyl (C=O) groups excluding carboxylic acids is 1. The monoisotopic (exact) mass is 172 g/mol. The second-order valence-corrected chi connectivity index (χ2v) is 4.27. The Balaban J connectivity index is 2.00. The Morgan fingerprint density at radius 3 is 2.73 bits per heavy atom. The van der Waals surface area contributed by atoms with Crippen molar-refractivity contribution in [2.45, 2.75) is 32.1 Å². The molecule has 0 aromatic carbocycles. The first-order valence-electron chi connectivity index (χ1n) is 4.33. The molecule has 0 heterocycles. The van der Waals surface area contributed by atoms with Crippen molar-refractivity contribution >= 4 is 17.5 Å². The maximum atomic E-state index is 11.2. The molecule has 0 atom stereocenters. The quantitative estimate of drug-likeness (QED) is 0.634.